The van der Waals surface area contributed by atoms with Gasteiger partial charge in [-0.05, 0) is 50.6 Å². The maximum atomic E-state index is 13.8. The molecule has 0 aliphatic carbocycles. The van der Waals surface area contributed by atoms with Crippen LogP contribution < -0.4 is 5.32 Å². The fraction of sp³-hybridized carbons (Fsp3) is 0.267. The van der Waals surface area contributed by atoms with E-state index >= 15 is 0 Å². The number of hydrogen-bond acceptors (Lipinski definition) is 3. The van der Waals surface area contributed by atoms with Gasteiger partial charge in [0.1, 0.15) is 5.82 Å². The summed E-state index contributed by atoms with van der Waals surface area (Å²) in [6.07, 6.45) is 0. The Balaban J connectivity index is 2.22. The van der Waals surface area contributed by atoms with E-state index in [9.17, 15) is 4.39 Å². The van der Waals surface area contributed by atoms with Gasteiger partial charge in [0.15, 0.2) is 0 Å². The molecule has 4 heteroatoms. The number of benzene rings is 1. The highest BCUT2D eigenvalue weighted by molar-refractivity contribution is 7.12. The first kappa shape index (κ1) is 13.6. The molecular formula is C15H15FN2S. The van der Waals surface area contributed by atoms with E-state index in [4.69, 9.17) is 5.26 Å². The summed E-state index contributed by atoms with van der Waals surface area (Å²) in [5, 5.41) is 11.9. The van der Waals surface area contributed by atoms with Crippen LogP contribution in [0.25, 0.3) is 0 Å². The zero-order valence-corrected chi connectivity index (χ0v) is 11.9. The zero-order chi connectivity index (χ0) is 14.0. The van der Waals surface area contributed by atoms with Crippen LogP contribution in [0.1, 0.15) is 33.8 Å². The van der Waals surface area contributed by atoms with E-state index in [0.717, 1.165) is 0 Å². The number of halogens is 1. The van der Waals surface area contributed by atoms with Crippen LogP contribution in [0, 0.1) is 31.0 Å². The minimum absolute atomic E-state index is 0.0346. The molecule has 0 amide bonds. The Hall–Kier alpha value is -1.86. The number of anilines is 1. The molecule has 0 aliphatic heterocycles. The smallest absolute Gasteiger partial charge is 0.147 e. The van der Waals surface area contributed by atoms with Gasteiger partial charge in [0.05, 0.1) is 17.3 Å². The molecule has 1 atom stereocenters. The Bertz CT molecular complexity index is 640. The highest BCUT2D eigenvalue weighted by Crippen LogP contribution is 2.29. The number of hydrogen-bond donors (Lipinski definition) is 1. The third-order valence-electron chi connectivity index (χ3n) is 3.02. The minimum Gasteiger partial charge on any atom is -0.376 e. The van der Waals surface area contributed by atoms with Crippen LogP contribution in [0.5, 0.6) is 0 Å². The van der Waals surface area contributed by atoms with Gasteiger partial charge in [0.25, 0.3) is 0 Å². The van der Waals surface area contributed by atoms with Crippen molar-refractivity contribution >= 4 is 17.0 Å². The average molecular weight is 274 g/mol. The van der Waals surface area contributed by atoms with Gasteiger partial charge in [-0.25, -0.2) is 4.39 Å². The maximum Gasteiger partial charge on any atom is 0.147 e. The molecule has 0 saturated carbocycles. The Morgan fingerprint density at radius 1 is 1.32 bits per heavy atom. The van der Waals surface area contributed by atoms with Crippen LogP contribution in [0.4, 0.5) is 10.1 Å². The number of nitrogens with zero attached hydrogens (tertiary/aromatic N) is 1. The highest BCUT2D eigenvalue weighted by Gasteiger charge is 2.13. The van der Waals surface area contributed by atoms with Gasteiger partial charge >= 0.3 is 0 Å². The third kappa shape index (κ3) is 2.94. The van der Waals surface area contributed by atoms with Gasteiger partial charge in [0, 0.05) is 15.8 Å². The Labute approximate surface area is 116 Å². The molecule has 1 heterocycles. The standard InChI is InChI=1S/C15H15FN2S/c1-9-6-13(11(3)19-9)10(2)18-15-5-4-12(8-17)7-14(15)16/h4-7,10,18H,1-3H3. The fourth-order valence-corrected chi connectivity index (χ4v) is 3.12. The Morgan fingerprint density at radius 2 is 2.05 bits per heavy atom. The van der Waals surface area contributed by atoms with Crippen molar-refractivity contribution in [3.63, 3.8) is 0 Å². The van der Waals surface area contributed by atoms with Gasteiger partial charge in [-0.3, -0.25) is 0 Å². The molecule has 0 saturated heterocycles. The summed E-state index contributed by atoms with van der Waals surface area (Å²) in [5.41, 5.74) is 1.94. The zero-order valence-electron chi connectivity index (χ0n) is 11.1. The second-order valence-corrected chi connectivity index (χ2v) is 6.00. The van der Waals surface area contributed by atoms with E-state index in [-0.39, 0.29) is 6.04 Å². The fourth-order valence-electron chi connectivity index (χ4n) is 2.09. The van der Waals surface area contributed by atoms with E-state index in [0.29, 0.717) is 11.3 Å². The van der Waals surface area contributed by atoms with Crippen molar-refractivity contribution in [1.82, 2.24) is 0 Å². The number of rotatable bonds is 3. The SMILES string of the molecule is Cc1cc(C(C)Nc2ccc(C#N)cc2F)c(C)s1. The van der Waals surface area contributed by atoms with Crippen molar-refractivity contribution < 1.29 is 4.39 Å². The molecule has 1 N–H and O–H groups in total. The minimum atomic E-state index is -0.393. The van der Waals surface area contributed by atoms with E-state index < -0.39 is 5.82 Å². The van der Waals surface area contributed by atoms with Crippen LogP contribution in [0.15, 0.2) is 24.3 Å². The lowest BCUT2D eigenvalue weighted by atomic mass is 10.1. The monoisotopic (exact) mass is 274 g/mol. The molecule has 0 radical (unpaired) electrons. The molecule has 2 nitrogen and oxygen atoms in total. The second kappa shape index (κ2) is 5.41. The van der Waals surface area contributed by atoms with Crippen molar-refractivity contribution in [2.75, 3.05) is 5.32 Å². The highest BCUT2D eigenvalue weighted by atomic mass is 32.1. The summed E-state index contributed by atoms with van der Waals surface area (Å²) in [4.78, 5) is 2.49. The van der Waals surface area contributed by atoms with Crippen molar-refractivity contribution in [3.05, 3.63) is 51.0 Å². The number of nitrogens with one attached hydrogen (secondary N) is 1. The molecule has 0 bridgehead atoms. The first-order valence-corrected chi connectivity index (χ1v) is 6.86. The van der Waals surface area contributed by atoms with E-state index in [1.54, 1.807) is 23.5 Å². The molecule has 2 rings (SSSR count). The van der Waals surface area contributed by atoms with Crippen molar-refractivity contribution in [1.29, 1.82) is 5.26 Å². The number of nitriles is 1. The molecule has 1 aromatic carbocycles. The lowest BCUT2D eigenvalue weighted by Crippen LogP contribution is -2.08. The predicted octanol–water partition coefficient (Wildman–Crippen LogP) is 4.55. The van der Waals surface area contributed by atoms with Crippen molar-refractivity contribution in [2.45, 2.75) is 26.8 Å². The summed E-state index contributed by atoms with van der Waals surface area (Å²) in [7, 11) is 0. The van der Waals surface area contributed by atoms with Crippen molar-refractivity contribution in [3.8, 4) is 6.07 Å². The molecular weight excluding hydrogens is 259 g/mol. The summed E-state index contributed by atoms with van der Waals surface area (Å²) < 4.78 is 13.8. The van der Waals surface area contributed by atoms with Crippen molar-refractivity contribution in [2.24, 2.45) is 0 Å². The normalized spacial score (nSPS) is 11.9. The molecule has 19 heavy (non-hydrogen) atoms. The first-order valence-electron chi connectivity index (χ1n) is 6.04. The van der Waals surface area contributed by atoms with Crippen LogP contribution >= 0.6 is 11.3 Å². The molecule has 0 spiro atoms. The molecule has 1 aromatic heterocycles. The topological polar surface area (TPSA) is 35.8 Å². The van der Waals surface area contributed by atoms with Crippen LogP contribution in [0.2, 0.25) is 0 Å². The van der Waals surface area contributed by atoms with Gasteiger partial charge in [-0.1, -0.05) is 0 Å². The largest absolute Gasteiger partial charge is 0.376 e. The average Bonchev–Trinajstić information content (AvgIpc) is 2.71. The van der Waals surface area contributed by atoms with Gasteiger partial charge < -0.3 is 5.32 Å². The predicted molar refractivity (Wildman–Crippen MR) is 76.9 cm³/mol. The van der Waals surface area contributed by atoms with E-state index in [1.165, 1.54) is 21.4 Å². The summed E-state index contributed by atoms with van der Waals surface area (Å²) in [6.45, 7) is 6.14. The molecule has 1 unspecified atom stereocenters. The van der Waals surface area contributed by atoms with Gasteiger partial charge in [-0.15, -0.1) is 11.3 Å². The van der Waals surface area contributed by atoms with E-state index in [1.807, 2.05) is 13.0 Å². The molecule has 0 aliphatic rings. The molecule has 98 valence electrons. The van der Waals surface area contributed by atoms with E-state index in [2.05, 4.69) is 25.2 Å². The molecule has 2 aromatic rings. The second-order valence-electron chi connectivity index (χ2n) is 4.54. The summed E-state index contributed by atoms with van der Waals surface area (Å²) >= 11 is 1.74. The first-order chi connectivity index (χ1) is 9.01. The quantitative estimate of drug-likeness (QED) is 0.891. The summed E-state index contributed by atoms with van der Waals surface area (Å²) in [5.74, 6) is -0.393. The number of thiophene rings is 1. The summed E-state index contributed by atoms with van der Waals surface area (Å²) in [6, 6.07) is 8.56. The Morgan fingerprint density at radius 3 is 2.58 bits per heavy atom. The van der Waals surface area contributed by atoms with Crippen LogP contribution in [-0.4, -0.2) is 0 Å². The van der Waals surface area contributed by atoms with Gasteiger partial charge in [-0.2, -0.15) is 5.26 Å². The lowest BCUT2D eigenvalue weighted by molar-refractivity contribution is 0.627. The molecule has 0 fully saturated rings. The van der Waals surface area contributed by atoms with Crippen LogP contribution in [0.3, 0.4) is 0 Å². The van der Waals surface area contributed by atoms with Gasteiger partial charge in [0.2, 0.25) is 0 Å². The Kier molecular flexibility index (Phi) is 3.87. The number of aryl methyl sites for hydroxylation is 2. The lowest BCUT2D eigenvalue weighted by Gasteiger charge is -2.16. The third-order valence-corrected chi connectivity index (χ3v) is 4.00. The van der Waals surface area contributed by atoms with Crippen LogP contribution in [-0.2, 0) is 0 Å². The maximum absolute atomic E-state index is 13.8.